The van der Waals surface area contributed by atoms with Crippen molar-refractivity contribution >= 4 is 23.2 Å². The summed E-state index contributed by atoms with van der Waals surface area (Å²) in [5.41, 5.74) is 1.53. The number of ether oxygens (including phenoxy) is 2. The monoisotopic (exact) mass is 508 g/mol. The van der Waals surface area contributed by atoms with Crippen molar-refractivity contribution in [1.29, 1.82) is 0 Å². The molecule has 2 amide bonds. The Morgan fingerprint density at radius 3 is 2.75 bits per heavy atom. The van der Waals surface area contributed by atoms with E-state index >= 15 is 0 Å². The van der Waals surface area contributed by atoms with E-state index in [9.17, 15) is 14.0 Å². The van der Waals surface area contributed by atoms with Crippen molar-refractivity contribution < 1.29 is 23.5 Å². The fourth-order valence-corrected chi connectivity index (χ4v) is 5.56. The molecule has 188 valence electrons. The number of halogens is 1. The molecule has 36 heavy (non-hydrogen) atoms. The molecular weight excluding hydrogens is 479 g/mol. The predicted molar refractivity (Wildman–Crippen MR) is 136 cm³/mol. The van der Waals surface area contributed by atoms with Gasteiger partial charge in [0.05, 0.1) is 13.2 Å². The summed E-state index contributed by atoms with van der Waals surface area (Å²) < 4.78 is 25.3. The van der Waals surface area contributed by atoms with Gasteiger partial charge in [-0.1, -0.05) is 18.2 Å². The Kier molecular flexibility index (Phi) is 7.23. The average Bonchev–Trinajstić information content (AvgIpc) is 3.59. The lowest BCUT2D eigenvalue weighted by Gasteiger charge is -2.37. The van der Waals surface area contributed by atoms with Crippen molar-refractivity contribution in [3.05, 3.63) is 81.8 Å². The predicted octanol–water partition coefficient (Wildman–Crippen LogP) is 4.95. The second-order valence-electron chi connectivity index (χ2n) is 9.25. The SMILES string of the molecule is COc1cccc(C(=O)N(CC(=O)N2CCc3sccc3[C@H]2COc2ccccc2F)CC2CC2)c1. The number of carbonyl (C=O) groups is 2. The third-order valence-electron chi connectivity index (χ3n) is 6.75. The molecule has 2 heterocycles. The first-order valence-corrected chi connectivity index (χ1v) is 13.1. The molecule has 1 aliphatic carbocycles. The molecule has 0 N–H and O–H groups in total. The summed E-state index contributed by atoms with van der Waals surface area (Å²) in [6.45, 7) is 1.21. The minimum atomic E-state index is -0.434. The summed E-state index contributed by atoms with van der Waals surface area (Å²) in [6, 6.07) is 15.0. The zero-order valence-corrected chi connectivity index (χ0v) is 21.0. The number of carbonyl (C=O) groups excluding carboxylic acids is 2. The summed E-state index contributed by atoms with van der Waals surface area (Å²) in [4.78, 5) is 31.7. The number of para-hydroxylation sites is 1. The van der Waals surface area contributed by atoms with Crippen molar-refractivity contribution in [3.63, 3.8) is 0 Å². The molecular formula is C28H29FN2O4S. The van der Waals surface area contributed by atoms with Crippen LogP contribution in [-0.4, -0.2) is 55.0 Å². The molecule has 8 heteroatoms. The molecule has 1 atom stereocenters. The van der Waals surface area contributed by atoms with Gasteiger partial charge >= 0.3 is 0 Å². The van der Waals surface area contributed by atoms with E-state index in [1.54, 1.807) is 70.7 Å². The largest absolute Gasteiger partial charge is 0.497 e. The van der Waals surface area contributed by atoms with E-state index in [-0.39, 0.29) is 36.8 Å². The maximum Gasteiger partial charge on any atom is 0.254 e. The third-order valence-corrected chi connectivity index (χ3v) is 7.75. The number of nitrogens with zero attached hydrogens (tertiary/aromatic N) is 2. The highest BCUT2D eigenvalue weighted by Crippen LogP contribution is 2.35. The standard InChI is InChI=1S/C28H29FN2O4S/c1-34-21-6-4-5-20(15-21)28(33)30(16-19-9-10-19)17-27(32)31-13-11-26-22(12-14-36-26)24(31)18-35-25-8-3-2-7-23(25)29/h2-8,12,14-15,19,24H,9-11,13,16-18H2,1H3/t24-/m1/s1. The van der Waals surface area contributed by atoms with E-state index in [1.807, 2.05) is 11.4 Å². The lowest BCUT2D eigenvalue weighted by Crippen LogP contribution is -2.48. The summed E-state index contributed by atoms with van der Waals surface area (Å²) in [5, 5.41) is 2.01. The number of hydrogen-bond donors (Lipinski definition) is 0. The molecule has 0 unspecified atom stereocenters. The second-order valence-corrected chi connectivity index (χ2v) is 10.3. The molecule has 0 saturated heterocycles. The second kappa shape index (κ2) is 10.7. The van der Waals surface area contributed by atoms with Gasteiger partial charge in [-0.25, -0.2) is 4.39 Å². The van der Waals surface area contributed by atoms with Crippen LogP contribution in [0.4, 0.5) is 4.39 Å². The quantitative estimate of drug-likeness (QED) is 0.410. The van der Waals surface area contributed by atoms with Crippen LogP contribution in [0, 0.1) is 11.7 Å². The molecule has 1 aromatic heterocycles. The fourth-order valence-electron chi connectivity index (χ4n) is 4.63. The highest BCUT2D eigenvalue weighted by Gasteiger charge is 2.35. The zero-order valence-electron chi connectivity index (χ0n) is 20.2. The van der Waals surface area contributed by atoms with E-state index in [1.165, 1.54) is 10.9 Å². The number of rotatable bonds is 9. The smallest absolute Gasteiger partial charge is 0.254 e. The Morgan fingerprint density at radius 1 is 1.14 bits per heavy atom. The van der Waals surface area contributed by atoms with E-state index in [0.29, 0.717) is 30.3 Å². The number of amides is 2. The molecule has 3 aromatic rings. The van der Waals surface area contributed by atoms with E-state index in [4.69, 9.17) is 9.47 Å². The minimum Gasteiger partial charge on any atom is -0.497 e. The van der Waals surface area contributed by atoms with Gasteiger partial charge in [0, 0.05) is 23.5 Å². The lowest BCUT2D eigenvalue weighted by molar-refractivity contribution is -0.135. The topological polar surface area (TPSA) is 59.1 Å². The van der Waals surface area contributed by atoms with Gasteiger partial charge in [0.1, 0.15) is 18.9 Å². The molecule has 2 aliphatic rings. The van der Waals surface area contributed by atoms with Crippen LogP contribution in [0.5, 0.6) is 11.5 Å². The molecule has 1 saturated carbocycles. The van der Waals surface area contributed by atoms with Crippen molar-refractivity contribution in [2.24, 2.45) is 5.92 Å². The van der Waals surface area contributed by atoms with Crippen molar-refractivity contribution in [2.75, 3.05) is 33.4 Å². The minimum absolute atomic E-state index is 0.0117. The van der Waals surface area contributed by atoms with Crippen LogP contribution >= 0.6 is 11.3 Å². The molecule has 0 bridgehead atoms. The maximum absolute atomic E-state index is 14.2. The molecule has 1 fully saturated rings. The normalized spacial score (nSPS) is 16.8. The number of methoxy groups -OCH3 is 1. The van der Waals surface area contributed by atoms with Gasteiger partial charge in [-0.15, -0.1) is 11.3 Å². The Bertz CT molecular complexity index is 1240. The average molecular weight is 509 g/mol. The number of fused-ring (bicyclic) bond motifs is 1. The Morgan fingerprint density at radius 2 is 1.97 bits per heavy atom. The van der Waals surface area contributed by atoms with Gasteiger partial charge < -0.3 is 19.3 Å². The summed E-state index contributed by atoms with van der Waals surface area (Å²) in [6.07, 6.45) is 2.88. The first-order chi connectivity index (χ1) is 17.5. The van der Waals surface area contributed by atoms with Crippen LogP contribution in [0.15, 0.2) is 60.0 Å². The van der Waals surface area contributed by atoms with Gasteiger partial charge in [0.2, 0.25) is 5.91 Å². The van der Waals surface area contributed by atoms with Gasteiger partial charge in [-0.05, 0) is 72.5 Å². The Labute approximate surface area is 214 Å². The Hall–Kier alpha value is -3.39. The first kappa shape index (κ1) is 24.3. The molecule has 2 aromatic carbocycles. The zero-order chi connectivity index (χ0) is 25.1. The summed E-state index contributed by atoms with van der Waals surface area (Å²) >= 11 is 1.66. The van der Waals surface area contributed by atoms with Crippen molar-refractivity contribution in [1.82, 2.24) is 9.80 Å². The molecule has 0 spiro atoms. The maximum atomic E-state index is 14.2. The number of benzene rings is 2. The molecule has 1 aliphatic heterocycles. The van der Waals surface area contributed by atoms with Crippen LogP contribution in [-0.2, 0) is 11.2 Å². The summed E-state index contributed by atoms with van der Waals surface area (Å²) in [7, 11) is 1.56. The van der Waals surface area contributed by atoms with E-state index in [0.717, 1.165) is 24.8 Å². The number of hydrogen-bond acceptors (Lipinski definition) is 5. The van der Waals surface area contributed by atoms with Crippen LogP contribution in [0.2, 0.25) is 0 Å². The highest BCUT2D eigenvalue weighted by molar-refractivity contribution is 7.10. The fraction of sp³-hybridized carbons (Fsp3) is 0.357. The van der Waals surface area contributed by atoms with Gasteiger partial charge in [-0.3, -0.25) is 9.59 Å². The van der Waals surface area contributed by atoms with Crippen LogP contribution < -0.4 is 9.47 Å². The molecule has 6 nitrogen and oxygen atoms in total. The van der Waals surface area contributed by atoms with E-state index < -0.39 is 5.82 Å². The highest BCUT2D eigenvalue weighted by atomic mass is 32.1. The summed E-state index contributed by atoms with van der Waals surface area (Å²) in [5.74, 6) is 0.446. The molecule has 0 radical (unpaired) electrons. The van der Waals surface area contributed by atoms with Crippen LogP contribution in [0.1, 0.15) is 39.7 Å². The van der Waals surface area contributed by atoms with Crippen LogP contribution in [0.25, 0.3) is 0 Å². The van der Waals surface area contributed by atoms with Gasteiger partial charge in [0.25, 0.3) is 5.91 Å². The van der Waals surface area contributed by atoms with Gasteiger partial charge in [-0.2, -0.15) is 0 Å². The van der Waals surface area contributed by atoms with Gasteiger partial charge in [0.15, 0.2) is 11.6 Å². The first-order valence-electron chi connectivity index (χ1n) is 12.2. The molecule has 5 rings (SSSR count). The number of thiophene rings is 1. The third kappa shape index (κ3) is 5.38. The van der Waals surface area contributed by atoms with E-state index in [2.05, 4.69) is 0 Å². The Balaban J connectivity index is 1.35. The van der Waals surface area contributed by atoms with Crippen LogP contribution in [0.3, 0.4) is 0 Å². The lowest BCUT2D eigenvalue weighted by atomic mass is 10.00. The van der Waals surface area contributed by atoms with Crippen molar-refractivity contribution in [3.8, 4) is 11.5 Å². The van der Waals surface area contributed by atoms with Crippen molar-refractivity contribution in [2.45, 2.75) is 25.3 Å².